The monoisotopic (exact) mass is 389 g/mol. The van der Waals surface area contributed by atoms with Gasteiger partial charge < -0.3 is 4.57 Å². The Balaban J connectivity index is 1.73. The number of halogens is 1. The van der Waals surface area contributed by atoms with E-state index in [0.29, 0.717) is 18.1 Å². The van der Waals surface area contributed by atoms with Crippen molar-refractivity contribution in [2.24, 2.45) is 0 Å². The Labute approximate surface area is 149 Å². The van der Waals surface area contributed by atoms with E-state index in [1.54, 1.807) is 6.33 Å². The molecule has 24 heavy (non-hydrogen) atoms. The van der Waals surface area contributed by atoms with Gasteiger partial charge in [0.2, 0.25) is 0 Å². The molecule has 0 aliphatic carbocycles. The van der Waals surface area contributed by atoms with E-state index in [-0.39, 0.29) is 4.32 Å². The molecule has 3 aromatic rings. The molecular weight excluding hydrogens is 370 g/mol. The molecule has 0 atom stereocenters. The van der Waals surface area contributed by atoms with Crippen molar-refractivity contribution in [2.45, 2.75) is 37.7 Å². The van der Waals surface area contributed by atoms with Crippen LogP contribution in [0.5, 0.6) is 0 Å². The van der Waals surface area contributed by atoms with Gasteiger partial charge in [0.1, 0.15) is 11.8 Å². The Morgan fingerprint density at radius 2 is 1.96 bits per heavy atom. The fourth-order valence-electron chi connectivity index (χ4n) is 2.30. The summed E-state index contributed by atoms with van der Waals surface area (Å²) >= 11 is 3.67. The topological polar surface area (TPSA) is 64.9 Å². The SMILES string of the molecule is CC(C)(Br)CCn1cnc2ncnc(NOCc3ccccc3)c21. The second-order valence-corrected chi connectivity index (χ2v) is 8.32. The summed E-state index contributed by atoms with van der Waals surface area (Å²) in [4.78, 5) is 18.5. The maximum absolute atomic E-state index is 5.59. The standard InChI is InChI=1S/C17H20BrN5O/c1-17(2,18)8-9-23-12-21-15-14(23)16(20-11-19-15)22-24-10-13-6-4-3-5-7-13/h3-7,11-12H,8-10H2,1-2H3,(H,19,20,22). The van der Waals surface area contributed by atoms with Gasteiger partial charge in [-0.25, -0.2) is 20.4 Å². The van der Waals surface area contributed by atoms with Gasteiger partial charge >= 0.3 is 0 Å². The molecule has 0 aliphatic rings. The Morgan fingerprint density at radius 3 is 2.71 bits per heavy atom. The maximum Gasteiger partial charge on any atom is 0.183 e. The summed E-state index contributed by atoms with van der Waals surface area (Å²) in [6, 6.07) is 9.98. The molecule has 1 N–H and O–H groups in total. The summed E-state index contributed by atoms with van der Waals surface area (Å²) in [5.41, 5.74) is 5.53. The molecule has 2 aromatic heterocycles. The van der Waals surface area contributed by atoms with Crippen molar-refractivity contribution in [3.8, 4) is 0 Å². The molecule has 0 bridgehead atoms. The second-order valence-electron chi connectivity index (χ2n) is 6.18. The summed E-state index contributed by atoms with van der Waals surface area (Å²) in [5, 5.41) is 0. The Morgan fingerprint density at radius 1 is 1.17 bits per heavy atom. The number of nitrogens with zero attached hydrogens (tertiary/aromatic N) is 4. The van der Waals surface area contributed by atoms with E-state index < -0.39 is 0 Å². The first-order chi connectivity index (χ1) is 11.5. The van der Waals surface area contributed by atoms with Crippen LogP contribution in [0.4, 0.5) is 5.82 Å². The molecule has 0 aliphatic heterocycles. The van der Waals surface area contributed by atoms with Gasteiger partial charge in [0, 0.05) is 10.9 Å². The summed E-state index contributed by atoms with van der Waals surface area (Å²) in [6.07, 6.45) is 4.24. The van der Waals surface area contributed by atoms with Gasteiger partial charge in [-0.1, -0.05) is 46.3 Å². The Kier molecular flexibility index (Phi) is 5.11. The normalized spacial score (nSPS) is 11.8. The number of imidazole rings is 1. The number of nitrogens with one attached hydrogen (secondary N) is 1. The first-order valence-electron chi connectivity index (χ1n) is 7.79. The highest BCUT2D eigenvalue weighted by atomic mass is 79.9. The average Bonchev–Trinajstić information content (AvgIpc) is 2.97. The first-order valence-corrected chi connectivity index (χ1v) is 8.59. The largest absolute Gasteiger partial charge is 0.326 e. The van der Waals surface area contributed by atoms with Crippen molar-refractivity contribution in [3.05, 3.63) is 48.5 Å². The van der Waals surface area contributed by atoms with Crippen LogP contribution >= 0.6 is 15.9 Å². The van der Waals surface area contributed by atoms with Crippen molar-refractivity contribution < 1.29 is 4.84 Å². The molecule has 126 valence electrons. The Bertz CT molecular complexity index is 798. The molecule has 2 heterocycles. The first kappa shape index (κ1) is 16.9. The predicted octanol–water partition coefficient (Wildman–Crippen LogP) is 3.93. The molecule has 0 saturated carbocycles. The highest BCUT2D eigenvalue weighted by molar-refractivity contribution is 9.10. The number of fused-ring (bicyclic) bond motifs is 1. The van der Waals surface area contributed by atoms with E-state index in [1.165, 1.54) is 6.33 Å². The zero-order valence-corrected chi connectivity index (χ0v) is 15.3. The molecule has 0 amide bonds. The number of aryl methyl sites for hydroxylation is 1. The van der Waals surface area contributed by atoms with Gasteiger partial charge in [0.05, 0.1) is 12.9 Å². The van der Waals surface area contributed by atoms with Crippen molar-refractivity contribution in [1.29, 1.82) is 0 Å². The molecule has 0 spiro atoms. The molecule has 0 saturated heterocycles. The molecule has 6 nitrogen and oxygen atoms in total. The molecule has 0 unspecified atom stereocenters. The van der Waals surface area contributed by atoms with Crippen LogP contribution < -0.4 is 5.48 Å². The zero-order chi connectivity index (χ0) is 17.0. The third-order valence-electron chi connectivity index (χ3n) is 3.61. The third kappa shape index (κ3) is 4.30. The third-order valence-corrected chi connectivity index (χ3v) is 4.00. The van der Waals surface area contributed by atoms with Crippen LogP contribution in [0.15, 0.2) is 43.0 Å². The zero-order valence-electron chi connectivity index (χ0n) is 13.7. The lowest BCUT2D eigenvalue weighted by Crippen LogP contribution is -2.14. The quantitative estimate of drug-likeness (QED) is 0.489. The van der Waals surface area contributed by atoms with E-state index in [9.17, 15) is 0 Å². The molecular formula is C17H20BrN5O. The molecule has 0 fully saturated rings. The van der Waals surface area contributed by atoms with Gasteiger partial charge in [0.25, 0.3) is 0 Å². The maximum atomic E-state index is 5.59. The Hall–Kier alpha value is -1.99. The summed E-state index contributed by atoms with van der Waals surface area (Å²) < 4.78 is 2.11. The number of anilines is 1. The highest BCUT2D eigenvalue weighted by Crippen LogP contribution is 2.24. The minimum absolute atomic E-state index is 0.0661. The average molecular weight is 390 g/mol. The van der Waals surface area contributed by atoms with E-state index in [0.717, 1.165) is 24.0 Å². The highest BCUT2D eigenvalue weighted by Gasteiger charge is 2.15. The number of benzene rings is 1. The lowest BCUT2D eigenvalue weighted by Gasteiger charge is -2.16. The molecule has 7 heteroatoms. The van der Waals surface area contributed by atoms with Crippen molar-refractivity contribution in [3.63, 3.8) is 0 Å². The van der Waals surface area contributed by atoms with Crippen LogP contribution in [0, 0.1) is 0 Å². The van der Waals surface area contributed by atoms with Gasteiger partial charge in [0.15, 0.2) is 11.5 Å². The molecule has 1 aromatic carbocycles. The number of hydrogen-bond acceptors (Lipinski definition) is 5. The number of aromatic nitrogens is 4. The van der Waals surface area contributed by atoms with Crippen LogP contribution in [-0.4, -0.2) is 23.8 Å². The fraction of sp³-hybridized carbons (Fsp3) is 0.353. The fourth-order valence-corrected chi connectivity index (χ4v) is 2.48. The van der Waals surface area contributed by atoms with E-state index in [2.05, 4.69) is 50.2 Å². The lowest BCUT2D eigenvalue weighted by atomic mass is 10.1. The van der Waals surface area contributed by atoms with Gasteiger partial charge in [-0.2, -0.15) is 0 Å². The minimum Gasteiger partial charge on any atom is -0.326 e. The van der Waals surface area contributed by atoms with Crippen LogP contribution in [0.25, 0.3) is 11.2 Å². The smallest absolute Gasteiger partial charge is 0.183 e. The lowest BCUT2D eigenvalue weighted by molar-refractivity contribution is 0.179. The predicted molar refractivity (Wildman–Crippen MR) is 97.8 cm³/mol. The second kappa shape index (κ2) is 7.27. The number of hydrogen-bond donors (Lipinski definition) is 1. The van der Waals surface area contributed by atoms with E-state index >= 15 is 0 Å². The van der Waals surface area contributed by atoms with E-state index in [1.807, 2.05) is 34.9 Å². The van der Waals surface area contributed by atoms with Crippen LogP contribution in [0.1, 0.15) is 25.8 Å². The van der Waals surface area contributed by atoms with Crippen LogP contribution in [0.2, 0.25) is 0 Å². The summed E-state index contributed by atoms with van der Waals surface area (Å²) in [6.45, 7) is 5.56. The van der Waals surface area contributed by atoms with E-state index in [4.69, 9.17) is 4.84 Å². The summed E-state index contributed by atoms with van der Waals surface area (Å²) in [5.74, 6) is 0.626. The van der Waals surface area contributed by atoms with Crippen LogP contribution in [0.3, 0.4) is 0 Å². The minimum atomic E-state index is 0.0661. The number of alkyl halides is 1. The summed E-state index contributed by atoms with van der Waals surface area (Å²) in [7, 11) is 0. The molecule has 0 radical (unpaired) electrons. The van der Waals surface area contributed by atoms with Crippen molar-refractivity contribution in [2.75, 3.05) is 5.48 Å². The van der Waals surface area contributed by atoms with Gasteiger partial charge in [-0.15, -0.1) is 0 Å². The van der Waals surface area contributed by atoms with Crippen molar-refractivity contribution >= 4 is 32.9 Å². The van der Waals surface area contributed by atoms with Crippen molar-refractivity contribution in [1.82, 2.24) is 19.5 Å². The van der Waals surface area contributed by atoms with Gasteiger partial charge in [-0.05, 0) is 25.8 Å². The van der Waals surface area contributed by atoms with Gasteiger partial charge in [-0.3, -0.25) is 4.84 Å². The number of rotatable bonds is 7. The van der Waals surface area contributed by atoms with Crippen LogP contribution in [-0.2, 0) is 18.0 Å². The molecule has 3 rings (SSSR count).